The van der Waals surface area contributed by atoms with Crippen LogP contribution in [0.25, 0.3) is 0 Å². The molecule has 6 nitrogen and oxygen atoms in total. The van der Waals surface area contributed by atoms with Gasteiger partial charge in [-0.05, 0) is 0 Å². The topological polar surface area (TPSA) is 86.5 Å². The van der Waals surface area contributed by atoms with Crippen molar-refractivity contribution in [2.45, 2.75) is 6.04 Å². The number of nitro groups is 1. The molecule has 0 aromatic carbocycles. The quantitative estimate of drug-likeness (QED) is 0.191. The van der Waals surface area contributed by atoms with Crippen LogP contribution in [-0.2, 0) is 14.3 Å². The lowest BCUT2D eigenvalue weighted by Crippen LogP contribution is -2.51. The summed E-state index contributed by atoms with van der Waals surface area (Å²) in [6.45, 7) is 0. The van der Waals surface area contributed by atoms with Crippen molar-refractivity contribution in [3.8, 4) is 0 Å². The van der Waals surface area contributed by atoms with E-state index in [0.29, 0.717) is 0 Å². The third-order valence-electron chi connectivity index (χ3n) is 0.859. The molecule has 0 aromatic rings. The standard InChI is InChI=1S/C3HNO5/c5-2-1(4(7)8)3(6)9-2/h1H. The van der Waals surface area contributed by atoms with E-state index in [0.717, 1.165) is 0 Å². The van der Waals surface area contributed by atoms with Gasteiger partial charge in [0, 0.05) is 4.92 Å². The molecule has 0 unspecified atom stereocenters. The molecule has 1 aliphatic heterocycles. The van der Waals surface area contributed by atoms with Crippen molar-refractivity contribution in [1.82, 2.24) is 0 Å². The zero-order chi connectivity index (χ0) is 7.02. The SMILES string of the molecule is O=C1OC(=O)C1[N+](=O)[O-]. The fourth-order valence-corrected chi connectivity index (χ4v) is 0.421. The number of hydrogen-bond acceptors (Lipinski definition) is 5. The Hall–Kier alpha value is -1.46. The lowest BCUT2D eigenvalue weighted by atomic mass is 10.2. The van der Waals surface area contributed by atoms with Crippen LogP contribution < -0.4 is 0 Å². The molecule has 0 atom stereocenters. The van der Waals surface area contributed by atoms with Gasteiger partial charge in [0.05, 0.1) is 0 Å². The maximum atomic E-state index is 10.00. The lowest BCUT2D eigenvalue weighted by molar-refractivity contribution is -0.507. The lowest BCUT2D eigenvalue weighted by Gasteiger charge is -2.12. The first-order valence-electron chi connectivity index (χ1n) is 2.02. The summed E-state index contributed by atoms with van der Waals surface area (Å²) in [6, 6.07) is -1.76. The van der Waals surface area contributed by atoms with E-state index in [-0.39, 0.29) is 0 Å². The summed E-state index contributed by atoms with van der Waals surface area (Å²) >= 11 is 0. The third kappa shape index (κ3) is 0.638. The number of esters is 2. The Balaban J connectivity index is 2.70. The summed E-state index contributed by atoms with van der Waals surface area (Å²) in [6.07, 6.45) is 0. The van der Waals surface area contributed by atoms with E-state index in [2.05, 4.69) is 4.74 Å². The molecule has 0 N–H and O–H groups in total. The van der Waals surface area contributed by atoms with Crippen molar-refractivity contribution in [3.63, 3.8) is 0 Å². The molecule has 0 radical (unpaired) electrons. The first-order valence-corrected chi connectivity index (χ1v) is 2.02. The largest absolute Gasteiger partial charge is 0.403 e. The molecule has 1 heterocycles. The molecule has 0 saturated carbocycles. The van der Waals surface area contributed by atoms with Gasteiger partial charge in [-0.2, -0.15) is 0 Å². The van der Waals surface area contributed by atoms with Crippen molar-refractivity contribution in [2.75, 3.05) is 0 Å². The van der Waals surface area contributed by atoms with Gasteiger partial charge in [0.1, 0.15) is 0 Å². The van der Waals surface area contributed by atoms with Crippen molar-refractivity contribution >= 4 is 11.9 Å². The van der Waals surface area contributed by atoms with Crippen LogP contribution in [0.15, 0.2) is 0 Å². The Bertz CT molecular complexity index is 171. The number of carbonyl (C=O) groups is 2. The molecule has 0 spiro atoms. The molecular weight excluding hydrogens is 130 g/mol. The molecule has 6 heteroatoms. The van der Waals surface area contributed by atoms with Crippen molar-refractivity contribution < 1.29 is 19.2 Å². The minimum Gasteiger partial charge on any atom is -0.382 e. The van der Waals surface area contributed by atoms with Gasteiger partial charge < -0.3 is 4.74 Å². The molecule has 1 rings (SSSR count). The monoisotopic (exact) mass is 131 g/mol. The van der Waals surface area contributed by atoms with E-state index in [1.807, 2.05) is 0 Å². The number of rotatable bonds is 1. The van der Waals surface area contributed by atoms with Crippen molar-refractivity contribution in [3.05, 3.63) is 10.1 Å². The summed E-state index contributed by atoms with van der Waals surface area (Å²) in [4.78, 5) is 28.7. The Morgan fingerprint density at radius 2 is 1.89 bits per heavy atom. The van der Waals surface area contributed by atoms with Gasteiger partial charge in [-0.1, -0.05) is 0 Å². The van der Waals surface area contributed by atoms with Crippen LogP contribution >= 0.6 is 0 Å². The van der Waals surface area contributed by atoms with Gasteiger partial charge in [0.2, 0.25) is 0 Å². The van der Waals surface area contributed by atoms with Crippen LogP contribution in [0.1, 0.15) is 0 Å². The molecule has 0 aromatic heterocycles. The van der Waals surface area contributed by atoms with Gasteiger partial charge in [-0.25, -0.2) is 9.59 Å². The second-order valence-electron chi connectivity index (χ2n) is 1.43. The molecule has 1 aliphatic rings. The first kappa shape index (κ1) is 5.67. The highest BCUT2D eigenvalue weighted by molar-refractivity contribution is 6.11. The van der Waals surface area contributed by atoms with Gasteiger partial charge >= 0.3 is 18.0 Å². The second kappa shape index (κ2) is 1.51. The fraction of sp³-hybridized carbons (Fsp3) is 0.333. The van der Waals surface area contributed by atoms with Crippen LogP contribution in [0, 0.1) is 10.1 Å². The predicted octanol–water partition coefficient (Wildman–Crippen LogP) is -1.28. The normalized spacial score (nSPS) is 18.7. The highest BCUT2D eigenvalue weighted by Crippen LogP contribution is 2.08. The highest BCUT2D eigenvalue weighted by Gasteiger charge is 2.52. The van der Waals surface area contributed by atoms with Gasteiger partial charge in [-0.3, -0.25) is 10.1 Å². The molecule has 48 valence electrons. The van der Waals surface area contributed by atoms with E-state index in [4.69, 9.17) is 0 Å². The Labute approximate surface area is 48.6 Å². The van der Waals surface area contributed by atoms with Crippen LogP contribution in [0.4, 0.5) is 0 Å². The molecular formula is C3HNO5. The van der Waals surface area contributed by atoms with E-state index >= 15 is 0 Å². The van der Waals surface area contributed by atoms with E-state index < -0.39 is 22.9 Å². The van der Waals surface area contributed by atoms with E-state index in [1.54, 1.807) is 0 Å². The van der Waals surface area contributed by atoms with Crippen LogP contribution in [0.2, 0.25) is 0 Å². The van der Waals surface area contributed by atoms with E-state index in [1.165, 1.54) is 0 Å². The zero-order valence-electron chi connectivity index (χ0n) is 4.07. The number of ether oxygens (including phenoxy) is 1. The molecule has 1 saturated heterocycles. The number of hydrogen-bond donors (Lipinski definition) is 0. The van der Waals surface area contributed by atoms with Gasteiger partial charge in [0.25, 0.3) is 0 Å². The van der Waals surface area contributed by atoms with Crippen LogP contribution in [0.3, 0.4) is 0 Å². The van der Waals surface area contributed by atoms with Crippen LogP contribution in [-0.4, -0.2) is 22.9 Å². The molecule has 0 bridgehead atoms. The van der Waals surface area contributed by atoms with Crippen LogP contribution in [0.5, 0.6) is 0 Å². The zero-order valence-corrected chi connectivity index (χ0v) is 4.07. The van der Waals surface area contributed by atoms with Crippen molar-refractivity contribution in [2.24, 2.45) is 0 Å². The number of cyclic esters (lactones) is 2. The summed E-state index contributed by atoms with van der Waals surface area (Å²) in [5.74, 6) is -2.16. The maximum Gasteiger partial charge on any atom is 0.403 e. The summed E-state index contributed by atoms with van der Waals surface area (Å²) in [5, 5.41) is 9.69. The average Bonchev–Trinajstić information content (AvgIpc) is 1.62. The van der Waals surface area contributed by atoms with Gasteiger partial charge in [-0.15, -0.1) is 0 Å². The average molecular weight is 131 g/mol. The summed E-state index contributed by atoms with van der Waals surface area (Å²) in [7, 11) is 0. The molecule has 1 fully saturated rings. The molecule has 0 aliphatic carbocycles. The van der Waals surface area contributed by atoms with Gasteiger partial charge in [0.15, 0.2) is 0 Å². The number of nitrogens with zero attached hydrogens (tertiary/aromatic N) is 1. The molecule has 9 heavy (non-hydrogen) atoms. The number of carbonyl (C=O) groups excluding carboxylic acids is 2. The first-order chi connectivity index (χ1) is 4.13. The minimum absolute atomic E-state index is 0.978. The van der Waals surface area contributed by atoms with E-state index in [9.17, 15) is 19.7 Å². The van der Waals surface area contributed by atoms with Crippen molar-refractivity contribution in [1.29, 1.82) is 0 Å². The predicted molar refractivity (Wildman–Crippen MR) is 21.9 cm³/mol. The third-order valence-corrected chi connectivity index (χ3v) is 0.859. The maximum absolute atomic E-state index is 10.00. The smallest absolute Gasteiger partial charge is 0.382 e. The Morgan fingerprint density at radius 3 is 2.00 bits per heavy atom. The second-order valence-corrected chi connectivity index (χ2v) is 1.43. The minimum atomic E-state index is -1.76. The fourth-order valence-electron chi connectivity index (χ4n) is 0.421. The molecule has 0 amide bonds. The summed E-state index contributed by atoms with van der Waals surface area (Å²) < 4.78 is 3.69. The Morgan fingerprint density at radius 1 is 1.44 bits per heavy atom. The highest BCUT2D eigenvalue weighted by atomic mass is 16.7. The Kier molecular flexibility index (Phi) is 0.950. The summed E-state index contributed by atoms with van der Waals surface area (Å²) in [5.41, 5.74) is 0.